The van der Waals surface area contributed by atoms with Crippen molar-refractivity contribution < 1.29 is 33.6 Å². The van der Waals surface area contributed by atoms with Crippen molar-refractivity contribution in [2.45, 2.75) is 271 Å². The molecule has 9 aromatic rings. The van der Waals surface area contributed by atoms with Gasteiger partial charge in [0.15, 0.2) is 17.4 Å². The number of hydrogen-bond acceptors (Lipinski definition) is 11. The predicted molar refractivity (Wildman–Crippen MR) is 457 cm³/mol. The topological polar surface area (TPSA) is 195 Å². The third-order valence-corrected chi connectivity index (χ3v) is 30.4. The molecule has 15 nitrogen and oxygen atoms in total. The second-order valence-corrected chi connectivity index (χ2v) is 38.2. The summed E-state index contributed by atoms with van der Waals surface area (Å²) in [6.07, 6.45) is 15.7. The molecule has 608 valence electrons. The summed E-state index contributed by atoms with van der Waals surface area (Å²) in [5, 5.41) is 9.57. The van der Waals surface area contributed by atoms with Gasteiger partial charge in [-0.15, -0.1) is 0 Å². The molecule has 2 spiro atoms. The Morgan fingerprint density at radius 1 is 0.435 bits per heavy atom. The number of hydrogen-bond donors (Lipinski definition) is 4. The fraction of sp³-hybridized carbons (Fsp3) is 0.540. The lowest BCUT2D eigenvalue weighted by Crippen LogP contribution is -2.55. The Labute approximate surface area is 683 Å². The van der Waals surface area contributed by atoms with E-state index in [9.17, 15) is 14.7 Å². The maximum Gasteiger partial charge on any atom is 0.171 e. The summed E-state index contributed by atoms with van der Waals surface area (Å²) in [4.78, 5) is 56.2. The maximum atomic E-state index is 12.5. The van der Waals surface area contributed by atoms with Crippen LogP contribution in [0.15, 0.2) is 139 Å². The number of imidazole rings is 4. The van der Waals surface area contributed by atoms with Crippen molar-refractivity contribution in [2.75, 3.05) is 26.4 Å². The molecule has 4 aromatic heterocycles. The summed E-state index contributed by atoms with van der Waals surface area (Å²) in [5.74, 6) is 8.51. The van der Waals surface area contributed by atoms with Crippen LogP contribution in [0, 0.1) is 47.3 Å². The molecule has 0 bridgehead atoms. The number of nitrogens with zero attached hydrogens (tertiary/aromatic N) is 5. The number of aryl methyl sites for hydroxylation is 3. The number of aliphatic hydroxyl groups excluding tert-OH is 1. The van der Waals surface area contributed by atoms with Crippen molar-refractivity contribution in [3.8, 4) is 45.6 Å². The number of fused-ring (bicyclic) bond motifs is 12. The number of aromatic amines is 3. The van der Waals surface area contributed by atoms with E-state index >= 15 is 0 Å². The van der Waals surface area contributed by atoms with E-state index in [1.807, 2.05) is 6.92 Å². The van der Waals surface area contributed by atoms with E-state index in [0.717, 1.165) is 156 Å². The van der Waals surface area contributed by atoms with Crippen LogP contribution in [-0.2, 0) is 82.4 Å². The highest BCUT2D eigenvalue weighted by Gasteiger charge is 2.61. The van der Waals surface area contributed by atoms with Crippen LogP contribution in [0.3, 0.4) is 0 Å². The minimum atomic E-state index is -0.385. The van der Waals surface area contributed by atoms with Crippen molar-refractivity contribution >= 4 is 11.6 Å². The van der Waals surface area contributed by atoms with Crippen molar-refractivity contribution in [2.24, 2.45) is 47.3 Å². The first kappa shape index (κ1) is 80.5. The number of allylic oxidation sites excluding steroid dienone is 1. The molecule has 0 radical (unpaired) electrons. The van der Waals surface area contributed by atoms with Crippen molar-refractivity contribution in [3.63, 3.8) is 0 Å². The molecule has 12 atom stereocenters. The van der Waals surface area contributed by atoms with E-state index in [1.165, 1.54) is 85.2 Å². The van der Waals surface area contributed by atoms with Crippen molar-refractivity contribution in [3.05, 3.63) is 213 Å². The third kappa shape index (κ3) is 14.4. The Balaban J connectivity index is 0.000000116. The van der Waals surface area contributed by atoms with Gasteiger partial charge in [-0.25, -0.2) is 19.9 Å². The molecule has 6 heterocycles. The lowest BCUT2D eigenvalue weighted by Gasteiger charge is -2.53. The number of carbonyl (C=O) groups excluding carboxylic acids is 2. The van der Waals surface area contributed by atoms with Crippen LogP contribution in [0.4, 0.5) is 0 Å². The zero-order valence-corrected chi connectivity index (χ0v) is 71.4. The number of carbonyl (C=O) groups is 2. The molecule has 115 heavy (non-hydrogen) atoms. The number of aromatic nitrogens is 8. The molecule has 15 heteroatoms. The molecule has 19 rings (SSSR count). The Hall–Kier alpha value is -8.34. The van der Waals surface area contributed by atoms with Gasteiger partial charge >= 0.3 is 0 Å². The highest BCUT2D eigenvalue weighted by molar-refractivity contribution is 5.98. The van der Waals surface area contributed by atoms with Gasteiger partial charge in [0.25, 0.3) is 0 Å². The van der Waals surface area contributed by atoms with Gasteiger partial charge in [-0.2, -0.15) is 0 Å². The average molecular weight is 1550 g/mol. The monoisotopic (exact) mass is 1550 g/mol. The summed E-state index contributed by atoms with van der Waals surface area (Å²) in [7, 11) is 0. The summed E-state index contributed by atoms with van der Waals surface area (Å²) in [5.41, 5.74) is 21.9. The van der Waals surface area contributed by atoms with E-state index in [-0.39, 0.29) is 56.8 Å². The molecule has 2 aliphatic heterocycles. The first-order valence-corrected chi connectivity index (χ1v) is 43.9. The summed E-state index contributed by atoms with van der Waals surface area (Å²) in [6, 6.07) is 46.1. The van der Waals surface area contributed by atoms with Crippen LogP contribution < -0.4 is 0 Å². The number of rotatable bonds is 10. The molecule has 4 N–H and O–H groups in total. The zero-order valence-electron chi connectivity index (χ0n) is 71.4. The highest BCUT2D eigenvalue weighted by atomic mass is 16.7. The molecule has 10 aliphatic rings. The minimum Gasteiger partial charge on any atom is -0.515 e. The van der Waals surface area contributed by atoms with Gasteiger partial charge in [0, 0.05) is 122 Å². The number of aliphatic hydroxyl groups is 1. The second kappa shape index (κ2) is 31.5. The molecule has 4 saturated carbocycles. The van der Waals surface area contributed by atoms with Gasteiger partial charge in [-0.3, -0.25) is 9.59 Å². The van der Waals surface area contributed by atoms with Crippen LogP contribution in [0.1, 0.15) is 278 Å². The van der Waals surface area contributed by atoms with Gasteiger partial charge in [-0.05, 0) is 152 Å². The SMILES string of the molecule is CC(C)c1ccc(-c2nc3c([nH]2)CC[C@@H]2[C@@H](C)C(=O)/C(=C\O)C[C@@]32C)cc1.CC(C)c1ccc(-c2nc3c([nH]2)CC[C@@H]2[C@@H](C)C(=O)CC[C@@]32C)cc1.CC(C)c1ccc(-c2nc3c([nH]2)CC[C@@H]2[C@@H](C)C4(CC[C@@]32C)OCCO4)cc1.CC(C)c1ccc(-c2nc3c(n2Cc2ccccc2)CC[C@@H]2[C@@H](C)C4(CC[C@@]32C)OCCO4)cc1. The molecular formula is C100H126N8O7. The van der Waals surface area contributed by atoms with Gasteiger partial charge in [0.2, 0.25) is 0 Å². The number of H-pyrrole nitrogens is 3. The first-order chi connectivity index (χ1) is 55.1. The lowest BCUT2D eigenvalue weighted by atomic mass is 9.55. The Morgan fingerprint density at radius 2 is 0.809 bits per heavy atom. The quantitative estimate of drug-likeness (QED) is 0.0751. The zero-order chi connectivity index (χ0) is 80.8. The van der Waals surface area contributed by atoms with E-state index in [1.54, 1.807) is 0 Å². The summed E-state index contributed by atoms with van der Waals surface area (Å²) in [6.45, 7) is 39.8. The molecule has 5 aromatic carbocycles. The van der Waals surface area contributed by atoms with Gasteiger partial charge in [0.1, 0.15) is 29.1 Å². The molecular weight excluding hydrogens is 1430 g/mol. The highest BCUT2D eigenvalue weighted by Crippen LogP contribution is 2.60. The van der Waals surface area contributed by atoms with Crippen LogP contribution >= 0.6 is 0 Å². The smallest absolute Gasteiger partial charge is 0.171 e. The average Bonchev–Trinajstić information content (AvgIpc) is 1.66. The number of ether oxygens (including phenoxy) is 4. The van der Waals surface area contributed by atoms with E-state index in [0.29, 0.717) is 77.5 Å². The van der Waals surface area contributed by atoms with Crippen LogP contribution in [0.2, 0.25) is 0 Å². The molecule has 2 saturated heterocycles. The number of nitrogens with one attached hydrogen (secondary N) is 3. The van der Waals surface area contributed by atoms with E-state index in [4.69, 9.17) is 38.9 Å². The minimum absolute atomic E-state index is 0.0353. The fourth-order valence-electron chi connectivity index (χ4n) is 23.1. The molecule has 6 fully saturated rings. The van der Waals surface area contributed by atoms with E-state index < -0.39 is 0 Å². The normalized spacial score (nSPS) is 29.0. The Bertz CT molecular complexity index is 5010. The number of ketones is 2. The fourth-order valence-corrected chi connectivity index (χ4v) is 23.1. The third-order valence-electron chi connectivity index (χ3n) is 30.4. The number of Topliss-reactive ketones (excluding diaryl/α,β-unsaturated/α-hetero) is 2. The second-order valence-electron chi connectivity index (χ2n) is 38.2. The largest absolute Gasteiger partial charge is 0.515 e. The van der Waals surface area contributed by atoms with Crippen LogP contribution in [0.25, 0.3) is 45.6 Å². The van der Waals surface area contributed by atoms with Crippen LogP contribution in [0.5, 0.6) is 0 Å². The standard InChI is InChI=1S/C31H38N2O2.C24H32N2O2.C23H28N2O2.C22H28N2O/c1-21(2)24-10-12-25(13-11-24)29-32-28-27(33(29)20-23-8-6-5-7-9-23)15-14-26-22(3)31(34-18-19-35-31)17-16-30(26,28)4;1-15(2)17-5-7-18(8-6-17)22-25-20-10-9-19-16(3)24(27-13-14-28-24)12-11-23(19,4)21(20)26-22;1-13(2)15-5-7-16(8-6-15)22-24-19-10-9-18-14(3)20(27)17(12-26)11-23(18,4)21(19)25-22;1-13(2)15-5-7-16(8-6-15)21-23-18-10-9-17-14(3)19(25)11-12-22(17,4)20(18)24-21/h5-13,21-22,26H,14-20H2,1-4H3;5-8,15-16,19H,9-14H2,1-4H3,(H,25,26);5-8,12-14,18,26H,9-11H2,1-4H3,(H,24,25);5-8,13-14,17H,9-12H2,1-4H3,(H,23,24)/b;;17-12-;/t22-,26-,30-;16-,19-,23-;14-,18-,23-;14-,17-,22-/m1111/s1. The van der Waals surface area contributed by atoms with Gasteiger partial charge in [0.05, 0.1) is 55.5 Å². The van der Waals surface area contributed by atoms with E-state index in [2.05, 4.69) is 251 Å². The summed E-state index contributed by atoms with van der Waals surface area (Å²) < 4.78 is 27.2. The first-order valence-electron chi connectivity index (χ1n) is 43.9. The van der Waals surface area contributed by atoms with Gasteiger partial charge in [-0.1, -0.05) is 238 Å². The molecule has 0 amide bonds. The van der Waals surface area contributed by atoms with Crippen LogP contribution in [-0.4, -0.2) is 94.1 Å². The maximum absolute atomic E-state index is 12.5. The number of benzene rings is 5. The van der Waals surface area contributed by atoms with Crippen molar-refractivity contribution in [1.29, 1.82) is 0 Å². The predicted octanol–water partition coefficient (Wildman–Crippen LogP) is 22.0. The molecule has 8 aliphatic carbocycles. The molecule has 0 unspecified atom stereocenters. The van der Waals surface area contributed by atoms with Crippen molar-refractivity contribution in [1.82, 2.24) is 39.5 Å². The van der Waals surface area contributed by atoms with Gasteiger partial charge < -0.3 is 43.6 Å². The lowest BCUT2D eigenvalue weighted by molar-refractivity contribution is -0.234. The summed E-state index contributed by atoms with van der Waals surface area (Å²) >= 11 is 0. The Morgan fingerprint density at radius 3 is 1.23 bits per heavy atom. The Kier molecular flexibility index (Phi) is 22.0.